The van der Waals surface area contributed by atoms with E-state index in [9.17, 15) is 8.78 Å². The average Bonchev–Trinajstić information content (AvgIpc) is 2.04. The van der Waals surface area contributed by atoms with Crippen molar-refractivity contribution in [3.05, 3.63) is 24.0 Å². The maximum Gasteiger partial charge on any atom is 0.387 e. The third-order valence-electron chi connectivity index (χ3n) is 1.26. The summed E-state index contributed by atoms with van der Waals surface area (Å²) in [7, 11) is 0. The van der Waals surface area contributed by atoms with Crippen LogP contribution in [0, 0.1) is 0 Å². The molecule has 1 rings (SSSR count). The third-order valence-corrected chi connectivity index (χ3v) is 1.26. The van der Waals surface area contributed by atoms with Crippen molar-refractivity contribution in [3.63, 3.8) is 0 Å². The van der Waals surface area contributed by atoms with Crippen molar-refractivity contribution in [1.82, 2.24) is 4.98 Å². The summed E-state index contributed by atoms with van der Waals surface area (Å²) in [5, 5.41) is 0. The second kappa shape index (κ2) is 3.96. The van der Waals surface area contributed by atoms with Crippen LogP contribution in [0.15, 0.2) is 18.3 Å². The molecule has 3 nitrogen and oxygen atoms in total. The lowest BCUT2D eigenvalue weighted by molar-refractivity contribution is -0.0507. The topological polar surface area (TPSA) is 48.1 Å². The highest BCUT2D eigenvalue weighted by Gasteiger charge is 2.07. The Morgan fingerprint density at radius 3 is 2.92 bits per heavy atom. The fourth-order valence-electron chi connectivity index (χ4n) is 0.780. The van der Waals surface area contributed by atoms with Gasteiger partial charge in [-0.25, -0.2) is 0 Å². The highest BCUT2D eigenvalue weighted by molar-refractivity contribution is 5.26. The van der Waals surface area contributed by atoms with E-state index in [0.29, 0.717) is 5.69 Å². The van der Waals surface area contributed by atoms with Crippen LogP contribution in [0.3, 0.4) is 0 Å². The Hall–Kier alpha value is -1.23. The molecule has 0 aliphatic rings. The Morgan fingerprint density at radius 2 is 2.33 bits per heavy atom. The molecule has 0 saturated carbocycles. The van der Waals surface area contributed by atoms with E-state index in [-0.39, 0.29) is 12.3 Å². The average molecular weight is 174 g/mol. The highest BCUT2D eigenvalue weighted by atomic mass is 19.3. The molecule has 12 heavy (non-hydrogen) atoms. The van der Waals surface area contributed by atoms with Crippen LogP contribution in [0.5, 0.6) is 5.75 Å². The minimum absolute atomic E-state index is 0.0370. The van der Waals surface area contributed by atoms with Gasteiger partial charge >= 0.3 is 6.61 Å². The Morgan fingerprint density at radius 1 is 1.58 bits per heavy atom. The first kappa shape index (κ1) is 8.86. The Balaban J connectivity index is 2.82. The number of hydrogen-bond acceptors (Lipinski definition) is 3. The van der Waals surface area contributed by atoms with Crippen molar-refractivity contribution >= 4 is 0 Å². The standard InChI is InChI=1S/C7H8F2N2O/c8-7(9)12-6-2-1-3-11-5(6)4-10/h1-3,7H,4,10H2. The summed E-state index contributed by atoms with van der Waals surface area (Å²) in [5.41, 5.74) is 5.57. The lowest BCUT2D eigenvalue weighted by Gasteiger charge is -2.06. The monoisotopic (exact) mass is 174 g/mol. The molecule has 1 aromatic rings. The van der Waals surface area contributed by atoms with E-state index in [1.165, 1.54) is 18.3 Å². The van der Waals surface area contributed by atoms with E-state index in [0.717, 1.165) is 0 Å². The van der Waals surface area contributed by atoms with Gasteiger partial charge in [-0.3, -0.25) is 4.98 Å². The summed E-state index contributed by atoms with van der Waals surface area (Å²) in [5.74, 6) is 0.0370. The van der Waals surface area contributed by atoms with Crippen LogP contribution in [-0.4, -0.2) is 11.6 Å². The lowest BCUT2D eigenvalue weighted by Crippen LogP contribution is -2.08. The zero-order valence-corrected chi connectivity index (χ0v) is 6.21. The summed E-state index contributed by atoms with van der Waals surface area (Å²) < 4.78 is 27.7. The Labute approximate surface area is 68.2 Å². The Bertz CT molecular complexity index is 255. The fraction of sp³-hybridized carbons (Fsp3) is 0.286. The number of rotatable bonds is 3. The molecular weight excluding hydrogens is 166 g/mol. The van der Waals surface area contributed by atoms with E-state index in [1.54, 1.807) is 0 Å². The first-order chi connectivity index (χ1) is 5.74. The highest BCUT2D eigenvalue weighted by Crippen LogP contribution is 2.16. The van der Waals surface area contributed by atoms with Gasteiger partial charge in [-0.15, -0.1) is 0 Å². The van der Waals surface area contributed by atoms with Gasteiger partial charge in [0.05, 0.1) is 5.69 Å². The Kier molecular flexibility index (Phi) is 2.93. The largest absolute Gasteiger partial charge is 0.433 e. The quantitative estimate of drug-likeness (QED) is 0.747. The molecule has 0 saturated heterocycles. The molecule has 0 radical (unpaired) electrons. The summed E-state index contributed by atoms with van der Waals surface area (Å²) in [6.45, 7) is -2.75. The predicted molar refractivity (Wildman–Crippen MR) is 38.8 cm³/mol. The normalized spacial score (nSPS) is 10.3. The van der Waals surface area contributed by atoms with Crippen molar-refractivity contribution in [3.8, 4) is 5.75 Å². The van der Waals surface area contributed by atoms with Crippen LogP contribution in [0.1, 0.15) is 5.69 Å². The summed E-state index contributed by atoms with van der Waals surface area (Å²) >= 11 is 0. The second-order valence-electron chi connectivity index (χ2n) is 2.03. The van der Waals surface area contributed by atoms with Crippen molar-refractivity contribution in [2.75, 3.05) is 0 Å². The van der Waals surface area contributed by atoms with E-state index in [4.69, 9.17) is 5.73 Å². The number of alkyl halides is 2. The molecule has 0 unspecified atom stereocenters. The molecule has 0 aliphatic heterocycles. The van der Waals surface area contributed by atoms with Crippen molar-refractivity contribution in [2.45, 2.75) is 13.2 Å². The molecule has 0 amide bonds. The molecule has 1 heterocycles. The van der Waals surface area contributed by atoms with Crippen LogP contribution in [0.2, 0.25) is 0 Å². The smallest absolute Gasteiger partial charge is 0.387 e. The second-order valence-corrected chi connectivity index (χ2v) is 2.03. The SMILES string of the molecule is NCc1ncccc1OC(F)F. The fourth-order valence-corrected chi connectivity index (χ4v) is 0.780. The van der Waals surface area contributed by atoms with Crippen LogP contribution in [0.25, 0.3) is 0 Å². The third kappa shape index (κ3) is 2.13. The van der Waals surface area contributed by atoms with Gasteiger partial charge in [0, 0.05) is 12.7 Å². The van der Waals surface area contributed by atoms with E-state index >= 15 is 0 Å². The molecule has 2 N–H and O–H groups in total. The van der Waals surface area contributed by atoms with E-state index < -0.39 is 6.61 Å². The molecule has 5 heteroatoms. The zero-order valence-electron chi connectivity index (χ0n) is 6.21. The summed E-state index contributed by atoms with van der Waals surface area (Å²) in [4.78, 5) is 3.77. The number of nitrogens with zero attached hydrogens (tertiary/aromatic N) is 1. The van der Waals surface area contributed by atoms with Gasteiger partial charge in [-0.1, -0.05) is 0 Å². The first-order valence-corrected chi connectivity index (χ1v) is 3.33. The van der Waals surface area contributed by atoms with Crippen LogP contribution in [0.4, 0.5) is 8.78 Å². The number of nitrogens with two attached hydrogens (primary N) is 1. The molecule has 0 aliphatic carbocycles. The predicted octanol–water partition coefficient (Wildman–Crippen LogP) is 1.14. The number of aromatic nitrogens is 1. The minimum atomic E-state index is -2.83. The van der Waals surface area contributed by atoms with Gasteiger partial charge < -0.3 is 10.5 Å². The van der Waals surface area contributed by atoms with Gasteiger partial charge in [0.2, 0.25) is 0 Å². The number of ether oxygens (including phenoxy) is 1. The number of hydrogen-bond donors (Lipinski definition) is 1. The molecule has 0 aromatic carbocycles. The summed E-state index contributed by atoms with van der Waals surface area (Å²) in [6.07, 6.45) is 1.47. The van der Waals surface area contributed by atoms with Crippen molar-refractivity contribution in [2.24, 2.45) is 5.73 Å². The van der Waals surface area contributed by atoms with Gasteiger partial charge in [0.1, 0.15) is 5.75 Å². The van der Waals surface area contributed by atoms with E-state index in [2.05, 4.69) is 9.72 Å². The molecule has 0 bridgehead atoms. The van der Waals surface area contributed by atoms with Crippen LogP contribution in [-0.2, 0) is 6.54 Å². The van der Waals surface area contributed by atoms with Gasteiger partial charge in [-0.05, 0) is 12.1 Å². The van der Waals surface area contributed by atoms with Crippen LogP contribution < -0.4 is 10.5 Å². The van der Waals surface area contributed by atoms with E-state index in [1.807, 2.05) is 0 Å². The minimum Gasteiger partial charge on any atom is -0.433 e. The molecular formula is C7H8F2N2O. The van der Waals surface area contributed by atoms with Crippen molar-refractivity contribution < 1.29 is 13.5 Å². The van der Waals surface area contributed by atoms with Crippen LogP contribution >= 0.6 is 0 Å². The van der Waals surface area contributed by atoms with Crippen molar-refractivity contribution in [1.29, 1.82) is 0 Å². The molecule has 1 aromatic heterocycles. The first-order valence-electron chi connectivity index (χ1n) is 3.33. The molecule has 0 spiro atoms. The maximum atomic E-state index is 11.7. The number of pyridine rings is 1. The van der Waals surface area contributed by atoms with Gasteiger partial charge in [0.15, 0.2) is 0 Å². The lowest BCUT2D eigenvalue weighted by atomic mass is 10.3. The summed E-state index contributed by atoms with van der Waals surface area (Å²) in [6, 6.07) is 2.91. The van der Waals surface area contributed by atoms with Gasteiger partial charge in [0.25, 0.3) is 0 Å². The molecule has 66 valence electrons. The zero-order chi connectivity index (χ0) is 8.97. The maximum absolute atomic E-state index is 11.7. The number of halogens is 2. The van der Waals surface area contributed by atoms with Gasteiger partial charge in [-0.2, -0.15) is 8.78 Å². The molecule has 0 atom stereocenters. The molecule has 0 fully saturated rings.